The highest BCUT2D eigenvalue weighted by atomic mass is 16.6. The predicted molar refractivity (Wildman–Crippen MR) is 109 cm³/mol. The predicted octanol–water partition coefficient (Wildman–Crippen LogP) is 2.60. The lowest BCUT2D eigenvalue weighted by atomic mass is 10.1. The molecular weight excluding hydrogens is 388 g/mol. The van der Waals surface area contributed by atoms with Gasteiger partial charge in [-0.15, -0.1) is 0 Å². The highest BCUT2D eigenvalue weighted by Gasteiger charge is 2.36. The Morgan fingerprint density at radius 3 is 2.33 bits per heavy atom. The number of ether oxygens (including phenoxy) is 2. The minimum atomic E-state index is -0.797. The van der Waals surface area contributed by atoms with E-state index in [4.69, 9.17) is 9.47 Å². The molecule has 4 amide bonds. The number of urea groups is 1. The Morgan fingerprint density at radius 1 is 1.03 bits per heavy atom. The van der Waals surface area contributed by atoms with Crippen LogP contribution in [0.15, 0.2) is 54.1 Å². The number of anilines is 1. The number of carbonyl (C=O) groups excluding carboxylic acids is 4. The molecule has 0 aliphatic carbocycles. The molecule has 8 heteroatoms. The molecule has 1 fully saturated rings. The number of rotatable bonds is 6. The van der Waals surface area contributed by atoms with Crippen molar-refractivity contribution in [3.05, 3.63) is 65.2 Å². The number of amides is 4. The Balaban J connectivity index is 1.78. The lowest BCUT2D eigenvalue weighted by Gasteiger charge is -2.26. The van der Waals surface area contributed by atoms with Crippen LogP contribution in [0.2, 0.25) is 0 Å². The van der Waals surface area contributed by atoms with Crippen molar-refractivity contribution in [1.82, 2.24) is 5.32 Å². The van der Waals surface area contributed by atoms with E-state index in [1.807, 2.05) is 6.92 Å². The van der Waals surface area contributed by atoms with Crippen molar-refractivity contribution in [3.63, 3.8) is 0 Å². The number of carbonyl (C=O) groups is 4. The van der Waals surface area contributed by atoms with E-state index in [9.17, 15) is 19.2 Å². The molecule has 1 heterocycles. The molecular formula is C22H20N2O6. The summed E-state index contributed by atoms with van der Waals surface area (Å²) in [5.74, 6) is -1.53. The number of hydrogen-bond donors (Lipinski definition) is 1. The third-order valence-corrected chi connectivity index (χ3v) is 4.25. The molecule has 0 unspecified atom stereocenters. The Morgan fingerprint density at radius 2 is 1.70 bits per heavy atom. The molecule has 0 radical (unpaired) electrons. The third kappa shape index (κ3) is 4.72. The maximum Gasteiger partial charge on any atom is 0.344 e. The molecule has 2 aromatic rings. The summed E-state index contributed by atoms with van der Waals surface area (Å²) in [5, 5.41) is 2.18. The first-order valence-electron chi connectivity index (χ1n) is 9.25. The molecule has 1 aliphatic heterocycles. The number of imide groups is 2. The summed E-state index contributed by atoms with van der Waals surface area (Å²) in [4.78, 5) is 49.5. The fourth-order valence-electron chi connectivity index (χ4n) is 2.76. The number of aryl methyl sites for hydroxylation is 1. The molecule has 0 atom stereocenters. The van der Waals surface area contributed by atoms with Crippen LogP contribution in [0.5, 0.6) is 5.75 Å². The summed E-state index contributed by atoms with van der Waals surface area (Å²) in [6.07, 6.45) is 1.39. The Labute approximate surface area is 173 Å². The monoisotopic (exact) mass is 408 g/mol. The van der Waals surface area contributed by atoms with Gasteiger partial charge in [0.2, 0.25) is 0 Å². The maximum absolute atomic E-state index is 12.8. The van der Waals surface area contributed by atoms with Gasteiger partial charge in [0.1, 0.15) is 11.3 Å². The van der Waals surface area contributed by atoms with Crippen LogP contribution in [0.25, 0.3) is 6.08 Å². The molecule has 1 N–H and O–H groups in total. The van der Waals surface area contributed by atoms with Crippen molar-refractivity contribution in [3.8, 4) is 5.75 Å². The van der Waals surface area contributed by atoms with E-state index in [1.54, 1.807) is 55.5 Å². The maximum atomic E-state index is 12.8. The first kappa shape index (κ1) is 20.8. The molecule has 1 aliphatic rings. The zero-order valence-corrected chi connectivity index (χ0v) is 16.5. The molecule has 0 bridgehead atoms. The lowest BCUT2D eigenvalue weighted by molar-refractivity contribution is -0.145. The van der Waals surface area contributed by atoms with Gasteiger partial charge in [0.15, 0.2) is 6.61 Å². The molecule has 0 saturated carbocycles. The van der Waals surface area contributed by atoms with E-state index in [1.165, 1.54) is 6.08 Å². The van der Waals surface area contributed by atoms with E-state index >= 15 is 0 Å². The molecule has 0 spiro atoms. The highest BCUT2D eigenvalue weighted by Crippen LogP contribution is 2.23. The Bertz CT molecular complexity index is 1010. The van der Waals surface area contributed by atoms with Gasteiger partial charge >= 0.3 is 12.0 Å². The molecule has 0 aromatic heterocycles. The second-order valence-electron chi connectivity index (χ2n) is 6.46. The summed E-state index contributed by atoms with van der Waals surface area (Å²) in [6.45, 7) is 3.64. The minimum Gasteiger partial charge on any atom is -0.482 e. The fourth-order valence-corrected chi connectivity index (χ4v) is 2.76. The van der Waals surface area contributed by atoms with Gasteiger partial charge in [0.25, 0.3) is 11.8 Å². The van der Waals surface area contributed by atoms with Crippen molar-refractivity contribution in [2.45, 2.75) is 13.8 Å². The SMILES string of the molecule is CCOC(=O)COc1ccc(C=C2C(=O)NC(=O)N(c3ccc(C)cc3)C2=O)cc1. The van der Waals surface area contributed by atoms with Crippen molar-refractivity contribution < 1.29 is 28.7 Å². The van der Waals surface area contributed by atoms with Crippen molar-refractivity contribution in [1.29, 1.82) is 0 Å². The third-order valence-electron chi connectivity index (χ3n) is 4.25. The number of esters is 1. The zero-order chi connectivity index (χ0) is 21.7. The Kier molecular flexibility index (Phi) is 6.26. The van der Waals surface area contributed by atoms with Gasteiger partial charge in [0, 0.05) is 0 Å². The van der Waals surface area contributed by atoms with Gasteiger partial charge in [-0.05, 0) is 49.8 Å². The fraction of sp³-hybridized carbons (Fsp3) is 0.182. The van der Waals surface area contributed by atoms with Crippen LogP contribution >= 0.6 is 0 Å². The van der Waals surface area contributed by atoms with Crippen molar-refractivity contribution in [2.75, 3.05) is 18.1 Å². The quantitative estimate of drug-likeness (QED) is 0.448. The van der Waals surface area contributed by atoms with Gasteiger partial charge in [-0.25, -0.2) is 14.5 Å². The largest absolute Gasteiger partial charge is 0.482 e. The van der Waals surface area contributed by atoms with Crippen LogP contribution in [0.3, 0.4) is 0 Å². The van der Waals surface area contributed by atoms with Gasteiger partial charge in [-0.3, -0.25) is 14.9 Å². The standard InChI is InChI=1S/C22H20N2O6/c1-3-29-19(25)13-30-17-10-6-15(7-11-17)12-18-20(26)23-22(28)24(21(18)27)16-8-4-14(2)5-9-16/h4-12H,3,13H2,1-2H3,(H,23,26,28). The number of hydrogen-bond acceptors (Lipinski definition) is 6. The molecule has 154 valence electrons. The molecule has 8 nitrogen and oxygen atoms in total. The summed E-state index contributed by atoms with van der Waals surface area (Å²) in [7, 11) is 0. The van der Waals surface area contributed by atoms with Crippen LogP contribution < -0.4 is 15.0 Å². The first-order valence-corrected chi connectivity index (χ1v) is 9.25. The van der Waals surface area contributed by atoms with Gasteiger partial charge in [-0.2, -0.15) is 0 Å². The van der Waals surface area contributed by atoms with E-state index in [0.29, 0.717) is 17.0 Å². The summed E-state index contributed by atoms with van der Waals surface area (Å²) >= 11 is 0. The van der Waals surface area contributed by atoms with Crippen LogP contribution in [-0.2, 0) is 19.1 Å². The zero-order valence-electron chi connectivity index (χ0n) is 16.5. The van der Waals surface area contributed by atoms with E-state index in [2.05, 4.69) is 5.32 Å². The van der Waals surface area contributed by atoms with Crippen molar-refractivity contribution in [2.24, 2.45) is 0 Å². The summed E-state index contributed by atoms with van der Waals surface area (Å²) in [6, 6.07) is 12.5. The number of barbiturate groups is 1. The molecule has 2 aromatic carbocycles. The minimum absolute atomic E-state index is 0.171. The second-order valence-corrected chi connectivity index (χ2v) is 6.46. The van der Waals surface area contributed by atoms with E-state index in [-0.39, 0.29) is 18.8 Å². The van der Waals surface area contributed by atoms with Gasteiger partial charge in [0.05, 0.1) is 12.3 Å². The average molecular weight is 408 g/mol. The number of benzene rings is 2. The van der Waals surface area contributed by atoms with E-state index in [0.717, 1.165) is 10.5 Å². The van der Waals surface area contributed by atoms with Crippen LogP contribution in [-0.4, -0.2) is 37.0 Å². The first-order chi connectivity index (χ1) is 14.4. The van der Waals surface area contributed by atoms with Crippen LogP contribution in [0.1, 0.15) is 18.1 Å². The second kappa shape index (κ2) is 9.04. The van der Waals surface area contributed by atoms with Gasteiger partial charge in [-0.1, -0.05) is 29.8 Å². The lowest BCUT2D eigenvalue weighted by Crippen LogP contribution is -2.54. The smallest absolute Gasteiger partial charge is 0.344 e. The molecule has 3 rings (SSSR count). The number of nitrogens with zero attached hydrogens (tertiary/aromatic N) is 1. The molecule has 1 saturated heterocycles. The van der Waals surface area contributed by atoms with E-state index < -0.39 is 23.8 Å². The summed E-state index contributed by atoms with van der Waals surface area (Å²) in [5.41, 5.74) is 1.72. The highest BCUT2D eigenvalue weighted by molar-refractivity contribution is 6.39. The topological polar surface area (TPSA) is 102 Å². The Hall–Kier alpha value is -3.94. The number of nitrogens with one attached hydrogen (secondary N) is 1. The normalized spacial score (nSPS) is 15.2. The van der Waals surface area contributed by atoms with Crippen LogP contribution in [0, 0.1) is 6.92 Å². The molecule has 30 heavy (non-hydrogen) atoms. The summed E-state index contributed by atoms with van der Waals surface area (Å²) < 4.78 is 10.1. The van der Waals surface area contributed by atoms with Crippen LogP contribution in [0.4, 0.5) is 10.5 Å². The van der Waals surface area contributed by atoms with Crippen molar-refractivity contribution >= 4 is 35.6 Å². The average Bonchev–Trinajstić information content (AvgIpc) is 2.72. The van der Waals surface area contributed by atoms with Gasteiger partial charge < -0.3 is 9.47 Å².